The number of nitrogens with zero attached hydrogens (tertiary/aromatic N) is 1. The van der Waals surface area contributed by atoms with Gasteiger partial charge in [-0.2, -0.15) is 0 Å². The van der Waals surface area contributed by atoms with Crippen molar-refractivity contribution in [3.05, 3.63) is 12.7 Å². The molecule has 0 aliphatic rings. The molecule has 0 aliphatic carbocycles. The first-order chi connectivity index (χ1) is 8.44. The highest BCUT2D eigenvalue weighted by Gasteiger charge is 2.19. The molecule has 0 radical (unpaired) electrons. The van der Waals surface area contributed by atoms with Crippen molar-refractivity contribution in [1.82, 2.24) is 10.2 Å². The van der Waals surface area contributed by atoms with Gasteiger partial charge >= 0.3 is 0 Å². The average Bonchev–Trinajstić information content (AvgIpc) is 2.29. The lowest BCUT2D eigenvalue weighted by atomic mass is 10.1. The summed E-state index contributed by atoms with van der Waals surface area (Å²) in [6.07, 6.45) is 1.93. The van der Waals surface area contributed by atoms with Crippen LogP contribution in [-0.2, 0) is 9.47 Å². The van der Waals surface area contributed by atoms with E-state index in [1.165, 1.54) is 0 Å². The van der Waals surface area contributed by atoms with Gasteiger partial charge in [0.1, 0.15) is 0 Å². The second-order valence-electron chi connectivity index (χ2n) is 5.52. The van der Waals surface area contributed by atoms with Crippen LogP contribution in [0.2, 0.25) is 0 Å². The Bertz CT molecular complexity index is 214. The average molecular weight is 258 g/mol. The molecule has 1 atom stereocenters. The molecule has 4 nitrogen and oxygen atoms in total. The molecule has 0 saturated carbocycles. The molecule has 4 heteroatoms. The Hall–Kier alpha value is -0.420. The lowest BCUT2D eigenvalue weighted by Gasteiger charge is -2.33. The van der Waals surface area contributed by atoms with Gasteiger partial charge in [-0.3, -0.25) is 4.90 Å². The van der Waals surface area contributed by atoms with Crippen LogP contribution in [0.1, 0.15) is 20.8 Å². The van der Waals surface area contributed by atoms with Crippen LogP contribution in [0.5, 0.6) is 0 Å². The van der Waals surface area contributed by atoms with Crippen LogP contribution < -0.4 is 5.32 Å². The molecule has 18 heavy (non-hydrogen) atoms. The number of methoxy groups -OCH3 is 2. The third-order valence-corrected chi connectivity index (χ3v) is 2.69. The molecular formula is C14H30N2O2. The van der Waals surface area contributed by atoms with E-state index in [0.717, 1.165) is 26.2 Å². The maximum absolute atomic E-state index is 5.32. The second-order valence-corrected chi connectivity index (χ2v) is 5.52. The molecule has 0 spiro atoms. The van der Waals surface area contributed by atoms with E-state index in [1.54, 1.807) is 14.2 Å². The summed E-state index contributed by atoms with van der Waals surface area (Å²) in [6, 6.07) is 0.336. The lowest BCUT2D eigenvalue weighted by Crippen LogP contribution is -2.50. The molecule has 1 unspecified atom stereocenters. The van der Waals surface area contributed by atoms with E-state index in [4.69, 9.17) is 9.47 Å². The molecule has 1 N–H and O–H groups in total. The van der Waals surface area contributed by atoms with E-state index in [2.05, 4.69) is 37.6 Å². The SMILES string of the molecule is C=CCN(CCOC)C(CNC(C)(C)C)COC. The minimum Gasteiger partial charge on any atom is -0.383 e. The van der Waals surface area contributed by atoms with Crippen molar-refractivity contribution in [2.75, 3.05) is 47.1 Å². The Morgan fingerprint density at radius 3 is 2.39 bits per heavy atom. The predicted molar refractivity (Wildman–Crippen MR) is 77.1 cm³/mol. The molecule has 0 amide bonds. The second kappa shape index (κ2) is 9.50. The van der Waals surface area contributed by atoms with Gasteiger partial charge in [-0.05, 0) is 20.8 Å². The van der Waals surface area contributed by atoms with Crippen molar-refractivity contribution >= 4 is 0 Å². The highest BCUT2D eigenvalue weighted by atomic mass is 16.5. The zero-order chi connectivity index (χ0) is 14.0. The van der Waals surface area contributed by atoms with Crippen molar-refractivity contribution in [2.24, 2.45) is 0 Å². The van der Waals surface area contributed by atoms with E-state index >= 15 is 0 Å². The Morgan fingerprint density at radius 1 is 1.28 bits per heavy atom. The third kappa shape index (κ3) is 8.64. The van der Waals surface area contributed by atoms with E-state index in [9.17, 15) is 0 Å². The number of rotatable bonds is 10. The van der Waals surface area contributed by atoms with Crippen LogP contribution in [-0.4, -0.2) is 63.5 Å². The van der Waals surface area contributed by atoms with Gasteiger partial charge in [0.05, 0.1) is 13.2 Å². The molecule has 0 aliphatic heterocycles. The van der Waals surface area contributed by atoms with Crippen LogP contribution in [0.15, 0.2) is 12.7 Å². The number of hydrogen-bond acceptors (Lipinski definition) is 4. The van der Waals surface area contributed by atoms with Gasteiger partial charge in [0.15, 0.2) is 0 Å². The van der Waals surface area contributed by atoms with Crippen LogP contribution in [0, 0.1) is 0 Å². The molecule has 0 saturated heterocycles. The largest absolute Gasteiger partial charge is 0.383 e. The monoisotopic (exact) mass is 258 g/mol. The summed E-state index contributed by atoms with van der Waals surface area (Å²) in [4.78, 5) is 2.33. The summed E-state index contributed by atoms with van der Waals surface area (Å²) in [5.74, 6) is 0. The van der Waals surface area contributed by atoms with Gasteiger partial charge in [0.25, 0.3) is 0 Å². The molecular weight excluding hydrogens is 228 g/mol. The first kappa shape index (κ1) is 17.6. The number of hydrogen-bond donors (Lipinski definition) is 1. The van der Waals surface area contributed by atoms with E-state index < -0.39 is 0 Å². The van der Waals surface area contributed by atoms with Gasteiger partial charge in [-0.25, -0.2) is 0 Å². The fourth-order valence-electron chi connectivity index (χ4n) is 1.71. The van der Waals surface area contributed by atoms with Crippen LogP contribution in [0.4, 0.5) is 0 Å². The Morgan fingerprint density at radius 2 is 1.94 bits per heavy atom. The summed E-state index contributed by atoms with van der Waals surface area (Å²) in [7, 11) is 3.47. The fraction of sp³-hybridized carbons (Fsp3) is 0.857. The third-order valence-electron chi connectivity index (χ3n) is 2.69. The van der Waals surface area contributed by atoms with Gasteiger partial charge in [-0.1, -0.05) is 6.08 Å². The van der Waals surface area contributed by atoms with Gasteiger partial charge < -0.3 is 14.8 Å². The molecule has 108 valence electrons. The van der Waals surface area contributed by atoms with Gasteiger partial charge in [-0.15, -0.1) is 6.58 Å². The number of ether oxygens (including phenoxy) is 2. The van der Waals surface area contributed by atoms with Crippen molar-refractivity contribution in [2.45, 2.75) is 32.4 Å². The maximum atomic E-state index is 5.32. The predicted octanol–water partition coefficient (Wildman–Crippen LogP) is 1.52. The fourth-order valence-corrected chi connectivity index (χ4v) is 1.71. The molecule has 0 aromatic heterocycles. The molecule has 0 aromatic carbocycles. The Balaban J connectivity index is 4.42. The molecule has 0 fully saturated rings. The van der Waals surface area contributed by atoms with Crippen LogP contribution in [0.25, 0.3) is 0 Å². The smallest absolute Gasteiger partial charge is 0.0630 e. The minimum atomic E-state index is 0.118. The van der Waals surface area contributed by atoms with Crippen LogP contribution in [0.3, 0.4) is 0 Å². The quantitative estimate of drug-likeness (QED) is 0.603. The van der Waals surface area contributed by atoms with Crippen molar-refractivity contribution in [3.63, 3.8) is 0 Å². The Kier molecular flexibility index (Phi) is 9.28. The van der Waals surface area contributed by atoms with Crippen LogP contribution >= 0.6 is 0 Å². The summed E-state index contributed by atoms with van der Waals surface area (Å²) in [6.45, 7) is 14.4. The zero-order valence-corrected chi connectivity index (χ0v) is 12.7. The highest BCUT2D eigenvalue weighted by molar-refractivity contribution is 4.83. The first-order valence-electron chi connectivity index (χ1n) is 6.52. The lowest BCUT2D eigenvalue weighted by molar-refractivity contribution is 0.0712. The van der Waals surface area contributed by atoms with E-state index in [0.29, 0.717) is 12.6 Å². The summed E-state index contributed by atoms with van der Waals surface area (Å²) in [5, 5.41) is 3.53. The van der Waals surface area contributed by atoms with Crippen molar-refractivity contribution < 1.29 is 9.47 Å². The first-order valence-corrected chi connectivity index (χ1v) is 6.52. The highest BCUT2D eigenvalue weighted by Crippen LogP contribution is 2.04. The maximum Gasteiger partial charge on any atom is 0.0630 e. The summed E-state index contributed by atoms with van der Waals surface area (Å²) >= 11 is 0. The standard InChI is InChI=1S/C14H30N2O2/c1-7-8-16(9-10-17-5)13(12-18-6)11-15-14(2,3)4/h7,13,15H,1,8-12H2,2-6H3. The number of nitrogens with one attached hydrogen (secondary N) is 1. The van der Waals surface area contributed by atoms with E-state index in [-0.39, 0.29) is 5.54 Å². The Labute approximate surface area is 112 Å². The van der Waals surface area contributed by atoms with Crippen molar-refractivity contribution in [3.8, 4) is 0 Å². The normalized spacial score (nSPS) is 13.9. The van der Waals surface area contributed by atoms with Gasteiger partial charge in [0, 0.05) is 45.4 Å². The molecule has 0 heterocycles. The zero-order valence-electron chi connectivity index (χ0n) is 12.7. The summed E-state index contributed by atoms with van der Waals surface area (Å²) in [5.41, 5.74) is 0.118. The molecule has 0 rings (SSSR count). The summed E-state index contributed by atoms with van der Waals surface area (Å²) < 4.78 is 10.5. The van der Waals surface area contributed by atoms with Crippen molar-refractivity contribution in [1.29, 1.82) is 0 Å². The van der Waals surface area contributed by atoms with Gasteiger partial charge in [0.2, 0.25) is 0 Å². The minimum absolute atomic E-state index is 0.118. The molecule has 0 aromatic rings. The molecule has 0 bridgehead atoms. The van der Waals surface area contributed by atoms with E-state index in [1.807, 2.05) is 6.08 Å². The topological polar surface area (TPSA) is 33.7 Å².